The second kappa shape index (κ2) is 6.40. The molecule has 0 spiro atoms. The first-order valence-electron chi connectivity index (χ1n) is 4.66. The van der Waals surface area contributed by atoms with Gasteiger partial charge >= 0.3 is 0 Å². The lowest BCUT2D eigenvalue weighted by Crippen LogP contribution is -2.30. The monoisotopic (exact) mass is 174 g/mol. The molecule has 0 aromatic carbocycles. The molecule has 0 amide bonds. The van der Waals surface area contributed by atoms with Crippen LogP contribution in [0.25, 0.3) is 0 Å². The van der Waals surface area contributed by atoms with Crippen LogP contribution >= 0.6 is 0 Å². The van der Waals surface area contributed by atoms with Gasteiger partial charge in [0.25, 0.3) is 0 Å². The molecule has 0 heterocycles. The summed E-state index contributed by atoms with van der Waals surface area (Å²) in [5.74, 6) is 0. The van der Waals surface area contributed by atoms with E-state index in [2.05, 4.69) is 25.8 Å². The third-order valence-corrected chi connectivity index (χ3v) is 2.20. The van der Waals surface area contributed by atoms with Crippen LogP contribution in [0.1, 0.15) is 26.7 Å². The second-order valence-corrected chi connectivity index (χ2v) is 3.59. The zero-order valence-corrected chi connectivity index (χ0v) is 8.45. The van der Waals surface area contributed by atoms with Crippen LogP contribution in [0.3, 0.4) is 0 Å². The highest BCUT2D eigenvalue weighted by molar-refractivity contribution is 4.62. The molecule has 3 nitrogen and oxygen atoms in total. The SMILES string of the molecule is CC(C)N(C)CC[C@@H](O)CCN. The van der Waals surface area contributed by atoms with E-state index in [1.807, 2.05) is 0 Å². The molecule has 0 saturated carbocycles. The maximum atomic E-state index is 9.37. The van der Waals surface area contributed by atoms with E-state index >= 15 is 0 Å². The molecule has 3 N–H and O–H groups in total. The first kappa shape index (κ1) is 11.9. The summed E-state index contributed by atoms with van der Waals surface area (Å²) in [7, 11) is 2.07. The van der Waals surface area contributed by atoms with Gasteiger partial charge in [0.15, 0.2) is 0 Å². The van der Waals surface area contributed by atoms with E-state index < -0.39 is 0 Å². The van der Waals surface area contributed by atoms with Crippen molar-refractivity contribution in [2.24, 2.45) is 5.73 Å². The van der Waals surface area contributed by atoms with Crippen LogP contribution < -0.4 is 5.73 Å². The van der Waals surface area contributed by atoms with Gasteiger partial charge in [0.05, 0.1) is 6.10 Å². The van der Waals surface area contributed by atoms with E-state index in [4.69, 9.17) is 5.73 Å². The summed E-state index contributed by atoms with van der Waals surface area (Å²) >= 11 is 0. The Balaban J connectivity index is 3.40. The zero-order chi connectivity index (χ0) is 9.56. The number of nitrogens with zero attached hydrogens (tertiary/aromatic N) is 1. The van der Waals surface area contributed by atoms with E-state index in [-0.39, 0.29) is 6.10 Å². The molecule has 0 aromatic rings. The molecule has 0 aliphatic rings. The summed E-state index contributed by atoms with van der Waals surface area (Å²) in [4.78, 5) is 2.22. The van der Waals surface area contributed by atoms with Crippen LogP contribution in [0.5, 0.6) is 0 Å². The van der Waals surface area contributed by atoms with Gasteiger partial charge in [-0.3, -0.25) is 0 Å². The Kier molecular flexibility index (Phi) is 6.34. The standard InChI is InChI=1S/C9H22N2O/c1-8(2)11(3)7-5-9(12)4-6-10/h8-9,12H,4-7,10H2,1-3H3/t9-/m0/s1. The fourth-order valence-electron chi connectivity index (χ4n) is 0.948. The molecule has 0 aromatic heterocycles. The van der Waals surface area contributed by atoms with Crippen LogP contribution in [0.4, 0.5) is 0 Å². The van der Waals surface area contributed by atoms with Gasteiger partial charge in [-0.25, -0.2) is 0 Å². The normalized spacial score (nSPS) is 14.2. The molecule has 0 radical (unpaired) electrons. The minimum atomic E-state index is -0.226. The number of nitrogens with two attached hydrogens (primary N) is 1. The van der Waals surface area contributed by atoms with Gasteiger partial charge in [-0.05, 0) is 40.3 Å². The first-order chi connectivity index (χ1) is 5.57. The van der Waals surface area contributed by atoms with E-state index in [0.717, 1.165) is 13.0 Å². The Morgan fingerprint density at radius 1 is 1.33 bits per heavy atom. The molecule has 1 atom stereocenters. The van der Waals surface area contributed by atoms with E-state index in [9.17, 15) is 5.11 Å². The minimum Gasteiger partial charge on any atom is -0.393 e. The molecule has 0 aliphatic carbocycles. The minimum absolute atomic E-state index is 0.226. The summed E-state index contributed by atoms with van der Waals surface area (Å²) < 4.78 is 0. The van der Waals surface area contributed by atoms with Crippen molar-refractivity contribution in [1.82, 2.24) is 4.90 Å². The molecule has 0 unspecified atom stereocenters. The van der Waals surface area contributed by atoms with Crippen LogP contribution in [0.2, 0.25) is 0 Å². The van der Waals surface area contributed by atoms with Crippen LogP contribution in [0.15, 0.2) is 0 Å². The lowest BCUT2D eigenvalue weighted by atomic mass is 10.2. The molecule has 0 saturated heterocycles. The van der Waals surface area contributed by atoms with Gasteiger partial charge < -0.3 is 15.7 Å². The van der Waals surface area contributed by atoms with Gasteiger partial charge in [-0.15, -0.1) is 0 Å². The summed E-state index contributed by atoms with van der Waals surface area (Å²) in [6.45, 7) is 5.82. The van der Waals surface area contributed by atoms with E-state index in [1.165, 1.54) is 0 Å². The average molecular weight is 174 g/mol. The predicted octanol–water partition coefficient (Wildman–Crippen LogP) is 0.426. The quantitative estimate of drug-likeness (QED) is 0.614. The molecule has 0 rings (SSSR count). The number of hydrogen-bond donors (Lipinski definition) is 2. The van der Waals surface area contributed by atoms with E-state index in [0.29, 0.717) is 19.0 Å². The third-order valence-electron chi connectivity index (χ3n) is 2.20. The van der Waals surface area contributed by atoms with Crippen molar-refractivity contribution in [3.05, 3.63) is 0 Å². The smallest absolute Gasteiger partial charge is 0.0564 e. The molecule has 0 aliphatic heterocycles. The van der Waals surface area contributed by atoms with Crippen molar-refractivity contribution in [3.8, 4) is 0 Å². The fraction of sp³-hybridized carbons (Fsp3) is 1.00. The molecular weight excluding hydrogens is 152 g/mol. The van der Waals surface area contributed by atoms with Gasteiger partial charge in [-0.1, -0.05) is 0 Å². The number of rotatable bonds is 6. The Labute approximate surface area is 75.6 Å². The lowest BCUT2D eigenvalue weighted by molar-refractivity contribution is 0.134. The lowest BCUT2D eigenvalue weighted by Gasteiger charge is -2.22. The van der Waals surface area contributed by atoms with Gasteiger partial charge in [0, 0.05) is 12.6 Å². The maximum Gasteiger partial charge on any atom is 0.0564 e. The first-order valence-corrected chi connectivity index (χ1v) is 4.66. The maximum absolute atomic E-state index is 9.37. The average Bonchev–Trinajstić information content (AvgIpc) is 2.00. The van der Waals surface area contributed by atoms with Gasteiger partial charge in [0.1, 0.15) is 0 Å². The highest BCUT2D eigenvalue weighted by Crippen LogP contribution is 2.00. The molecule has 12 heavy (non-hydrogen) atoms. The summed E-state index contributed by atoms with van der Waals surface area (Å²) in [6, 6.07) is 0.551. The number of aliphatic hydroxyl groups excluding tert-OH is 1. The predicted molar refractivity (Wildman–Crippen MR) is 52.1 cm³/mol. The van der Waals surface area contributed by atoms with Gasteiger partial charge in [0.2, 0.25) is 0 Å². The molecular formula is C9H22N2O. The number of aliphatic hydroxyl groups is 1. The van der Waals surface area contributed by atoms with Crippen molar-refractivity contribution in [3.63, 3.8) is 0 Å². The highest BCUT2D eigenvalue weighted by Gasteiger charge is 2.06. The topological polar surface area (TPSA) is 49.5 Å². The van der Waals surface area contributed by atoms with Crippen molar-refractivity contribution in [2.75, 3.05) is 20.1 Å². The van der Waals surface area contributed by atoms with Crippen molar-refractivity contribution < 1.29 is 5.11 Å². The highest BCUT2D eigenvalue weighted by atomic mass is 16.3. The Bertz CT molecular complexity index is 107. The van der Waals surface area contributed by atoms with Gasteiger partial charge in [-0.2, -0.15) is 0 Å². The number of hydrogen-bond acceptors (Lipinski definition) is 3. The Hall–Kier alpha value is -0.120. The zero-order valence-electron chi connectivity index (χ0n) is 8.45. The molecule has 0 fully saturated rings. The van der Waals surface area contributed by atoms with Crippen molar-refractivity contribution in [1.29, 1.82) is 0 Å². The van der Waals surface area contributed by atoms with Crippen molar-refractivity contribution >= 4 is 0 Å². The summed E-state index contributed by atoms with van der Waals surface area (Å²) in [5, 5.41) is 9.37. The van der Waals surface area contributed by atoms with Crippen LogP contribution in [-0.4, -0.2) is 42.3 Å². The van der Waals surface area contributed by atoms with E-state index in [1.54, 1.807) is 0 Å². The van der Waals surface area contributed by atoms with Crippen LogP contribution in [0, 0.1) is 0 Å². The molecule has 3 heteroatoms. The summed E-state index contributed by atoms with van der Waals surface area (Å²) in [5.41, 5.74) is 5.32. The second-order valence-electron chi connectivity index (χ2n) is 3.59. The fourth-order valence-corrected chi connectivity index (χ4v) is 0.948. The van der Waals surface area contributed by atoms with Crippen molar-refractivity contribution in [2.45, 2.75) is 38.8 Å². The summed E-state index contributed by atoms with van der Waals surface area (Å²) in [6.07, 6.45) is 1.31. The Morgan fingerprint density at radius 2 is 1.92 bits per heavy atom. The molecule has 74 valence electrons. The molecule has 0 bridgehead atoms. The third kappa shape index (κ3) is 5.52. The largest absolute Gasteiger partial charge is 0.393 e. The Morgan fingerprint density at radius 3 is 2.33 bits per heavy atom. The van der Waals surface area contributed by atoms with Crippen LogP contribution in [-0.2, 0) is 0 Å².